The molecule has 3 rings (SSSR count). The number of unbranched alkanes of at least 4 members (excludes halogenated alkanes) is 3. The van der Waals surface area contributed by atoms with Crippen LogP contribution >= 0.6 is 57.9 Å². The van der Waals surface area contributed by atoms with Gasteiger partial charge in [-0.1, -0.05) is 85.2 Å². The smallest absolute Gasteiger partial charge is 0.319 e. The molecule has 2 aromatic heterocycles. The quantitative estimate of drug-likeness (QED) is 0.0786. The van der Waals surface area contributed by atoms with Crippen LogP contribution in [0.2, 0.25) is 15.2 Å². The van der Waals surface area contributed by atoms with Crippen molar-refractivity contribution in [3.8, 4) is 11.3 Å². The molecular formula is C23H25Cl3N4O2S2. The third kappa shape index (κ3) is 7.99. The lowest BCUT2D eigenvalue weighted by Crippen LogP contribution is -2.20. The molecule has 34 heavy (non-hydrogen) atoms. The summed E-state index contributed by atoms with van der Waals surface area (Å²) in [4.78, 5) is 25.9. The highest BCUT2D eigenvalue weighted by Gasteiger charge is 2.23. The van der Waals surface area contributed by atoms with E-state index in [2.05, 4.69) is 27.2 Å². The van der Waals surface area contributed by atoms with Gasteiger partial charge < -0.3 is 10.1 Å². The molecule has 0 fully saturated rings. The number of esters is 1. The van der Waals surface area contributed by atoms with Crippen molar-refractivity contribution in [1.29, 1.82) is 0 Å². The molecule has 182 valence electrons. The van der Waals surface area contributed by atoms with Crippen molar-refractivity contribution >= 4 is 74.8 Å². The first kappa shape index (κ1) is 27.0. The van der Waals surface area contributed by atoms with Gasteiger partial charge in [-0.25, -0.2) is 15.0 Å². The van der Waals surface area contributed by atoms with Crippen molar-refractivity contribution in [2.45, 2.75) is 56.4 Å². The first-order valence-electron chi connectivity index (χ1n) is 11.0. The van der Waals surface area contributed by atoms with Gasteiger partial charge in [0.25, 0.3) is 0 Å². The molecule has 0 saturated carbocycles. The summed E-state index contributed by atoms with van der Waals surface area (Å²) >= 11 is 21.1. The fourth-order valence-electron chi connectivity index (χ4n) is 3.09. The minimum Gasteiger partial charge on any atom is -0.465 e. The van der Waals surface area contributed by atoms with Crippen LogP contribution in [0.4, 0.5) is 10.9 Å². The van der Waals surface area contributed by atoms with E-state index in [-0.39, 0.29) is 16.4 Å². The van der Waals surface area contributed by atoms with E-state index in [0.29, 0.717) is 39.2 Å². The van der Waals surface area contributed by atoms with Gasteiger partial charge in [0.2, 0.25) is 0 Å². The Morgan fingerprint density at radius 1 is 1.09 bits per heavy atom. The van der Waals surface area contributed by atoms with Crippen LogP contribution in [0.3, 0.4) is 0 Å². The molecule has 3 aromatic rings. The lowest BCUT2D eigenvalue weighted by Gasteiger charge is -2.15. The number of rotatable bonds is 12. The fourth-order valence-corrected chi connectivity index (χ4v) is 5.35. The molecule has 1 unspecified atom stereocenters. The zero-order valence-corrected chi connectivity index (χ0v) is 22.7. The van der Waals surface area contributed by atoms with Gasteiger partial charge in [-0.05, 0) is 25.5 Å². The number of ether oxygens (including phenoxy) is 1. The molecular weight excluding hydrogens is 535 g/mol. The fraction of sp³-hybridized carbons (Fsp3) is 0.391. The van der Waals surface area contributed by atoms with Crippen LogP contribution in [0.5, 0.6) is 0 Å². The number of thioether (sulfide) groups is 1. The van der Waals surface area contributed by atoms with Crippen molar-refractivity contribution in [3.63, 3.8) is 0 Å². The van der Waals surface area contributed by atoms with Gasteiger partial charge in [0, 0.05) is 17.0 Å². The summed E-state index contributed by atoms with van der Waals surface area (Å²) in [5.74, 6) is 0.236. The number of nitrogens with zero attached hydrogens (tertiary/aromatic N) is 3. The Balaban J connectivity index is 1.73. The Hall–Kier alpha value is -1.58. The number of anilines is 2. The molecule has 0 radical (unpaired) electrons. The van der Waals surface area contributed by atoms with Crippen LogP contribution in [0, 0.1) is 0 Å². The number of hydrogen-bond donors (Lipinski definition) is 1. The van der Waals surface area contributed by atoms with Gasteiger partial charge in [0.15, 0.2) is 10.3 Å². The van der Waals surface area contributed by atoms with Gasteiger partial charge in [-0.3, -0.25) is 4.79 Å². The van der Waals surface area contributed by atoms with Gasteiger partial charge in [0.05, 0.1) is 22.3 Å². The maximum absolute atomic E-state index is 12.5. The molecule has 0 aliphatic carbocycles. The Morgan fingerprint density at radius 3 is 2.65 bits per heavy atom. The topological polar surface area (TPSA) is 77.0 Å². The number of carbonyl (C=O) groups excluding carboxylic acids is 1. The third-order valence-electron chi connectivity index (χ3n) is 4.75. The summed E-state index contributed by atoms with van der Waals surface area (Å²) in [5.41, 5.74) is 1.62. The van der Waals surface area contributed by atoms with Gasteiger partial charge in [-0.2, -0.15) is 0 Å². The van der Waals surface area contributed by atoms with E-state index in [1.165, 1.54) is 23.1 Å². The van der Waals surface area contributed by atoms with E-state index < -0.39 is 0 Å². The number of halogens is 3. The minimum absolute atomic E-state index is 0.256. The van der Waals surface area contributed by atoms with Crippen LogP contribution in [-0.4, -0.2) is 32.8 Å². The number of aromatic nitrogens is 3. The second kappa shape index (κ2) is 13.5. The zero-order valence-electron chi connectivity index (χ0n) is 18.8. The van der Waals surface area contributed by atoms with Crippen LogP contribution < -0.4 is 5.32 Å². The molecule has 0 bridgehead atoms. The summed E-state index contributed by atoms with van der Waals surface area (Å²) in [5, 5.41) is 6.97. The summed E-state index contributed by atoms with van der Waals surface area (Å²) < 4.78 is 5.26. The number of nitrogens with one attached hydrogen (secondary N) is 1. The Kier molecular flexibility index (Phi) is 10.7. The van der Waals surface area contributed by atoms with E-state index in [0.717, 1.165) is 36.9 Å². The van der Waals surface area contributed by atoms with Crippen LogP contribution in [-0.2, 0) is 9.53 Å². The van der Waals surface area contributed by atoms with Crippen molar-refractivity contribution in [2.75, 3.05) is 11.9 Å². The summed E-state index contributed by atoms with van der Waals surface area (Å²) in [6.45, 7) is 4.29. The van der Waals surface area contributed by atoms with Crippen molar-refractivity contribution in [3.05, 3.63) is 44.8 Å². The molecule has 1 atom stereocenters. The van der Waals surface area contributed by atoms with E-state index in [1.54, 1.807) is 25.1 Å². The van der Waals surface area contributed by atoms with E-state index >= 15 is 0 Å². The van der Waals surface area contributed by atoms with Gasteiger partial charge in [0.1, 0.15) is 16.2 Å². The molecule has 0 amide bonds. The first-order chi connectivity index (χ1) is 16.4. The van der Waals surface area contributed by atoms with Gasteiger partial charge >= 0.3 is 5.97 Å². The Morgan fingerprint density at radius 2 is 1.91 bits per heavy atom. The number of benzene rings is 1. The average molecular weight is 560 g/mol. The highest BCUT2D eigenvalue weighted by atomic mass is 35.5. The van der Waals surface area contributed by atoms with Crippen molar-refractivity contribution < 1.29 is 9.53 Å². The first-order valence-corrected chi connectivity index (χ1v) is 13.8. The Bertz CT molecular complexity index is 1110. The summed E-state index contributed by atoms with van der Waals surface area (Å²) in [6, 6.07) is 6.99. The van der Waals surface area contributed by atoms with E-state index in [1.807, 2.05) is 11.4 Å². The molecule has 1 aromatic carbocycles. The SMILES string of the molecule is CCCCCCC(Sc1nc(Cl)cc(Nc2nc(-c3ccc(Cl)c(Cl)c3)cs2)n1)C(=O)OCC. The molecule has 0 spiro atoms. The standard InChI is InChI=1S/C23H25Cl3N4O2S2/c1-3-5-6-7-8-18(21(31)32-4-2)34-23-28-19(26)12-20(30-23)29-22-27-17(13-33-22)14-9-10-15(24)16(25)11-14/h9-13,18H,3-8H2,1-2H3,(H,27,28,29,30). The zero-order chi connectivity index (χ0) is 24.5. The number of hydrogen-bond acceptors (Lipinski definition) is 8. The maximum atomic E-state index is 12.5. The van der Waals surface area contributed by atoms with Crippen molar-refractivity contribution in [2.24, 2.45) is 0 Å². The summed E-state index contributed by atoms with van der Waals surface area (Å²) in [6.07, 6.45) is 4.97. The van der Waals surface area contributed by atoms with Crippen LogP contribution in [0.25, 0.3) is 11.3 Å². The highest BCUT2D eigenvalue weighted by molar-refractivity contribution is 8.00. The number of thiazole rings is 1. The largest absolute Gasteiger partial charge is 0.465 e. The van der Waals surface area contributed by atoms with Crippen LogP contribution in [0.1, 0.15) is 46.0 Å². The monoisotopic (exact) mass is 558 g/mol. The average Bonchev–Trinajstić information content (AvgIpc) is 3.26. The minimum atomic E-state index is -0.385. The normalized spacial score (nSPS) is 11.9. The molecule has 1 N–H and O–H groups in total. The highest BCUT2D eigenvalue weighted by Crippen LogP contribution is 2.32. The molecule has 6 nitrogen and oxygen atoms in total. The Labute approximate surface area is 222 Å². The predicted octanol–water partition coefficient (Wildman–Crippen LogP) is 8.30. The molecule has 11 heteroatoms. The van der Waals surface area contributed by atoms with E-state index in [9.17, 15) is 4.79 Å². The van der Waals surface area contributed by atoms with Crippen LogP contribution in [0.15, 0.2) is 34.8 Å². The molecule has 0 aliphatic rings. The maximum Gasteiger partial charge on any atom is 0.319 e. The molecule has 2 heterocycles. The molecule has 0 saturated heterocycles. The summed E-state index contributed by atoms with van der Waals surface area (Å²) in [7, 11) is 0. The second-order valence-electron chi connectivity index (χ2n) is 7.36. The third-order valence-corrected chi connectivity index (χ3v) is 7.54. The lowest BCUT2D eigenvalue weighted by molar-refractivity contribution is -0.142. The molecule has 0 aliphatic heterocycles. The lowest BCUT2D eigenvalue weighted by atomic mass is 10.1. The van der Waals surface area contributed by atoms with Crippen molar-refractivity contribution in [1.82, 2.24) is 15.0 Å². The van der Waals surface area contributed by atoms with Gasteiger partial charge in [-0.15, -0.1) is 11.3 Å². The predicted molar refractivity (Wildman–Crippen MR) is 143 cm³/mol. The number of carbonyl (C=O) groups is 1. The van der Waals surface area contributed by atoms with E-state index in [4.69, 9.17) is 39.5 Å². The second-order valence-corrected chi connectivity index (χ2v) is 10.6.